The van der Waals surface area contributed by atoms with Crippen molar-refractivity contribution in [3.8, 4) is 6.07 Å². The van der Waals surface area contributed by atoms with Gasteiger partial charge in [0.15, 0.2) is 28.3 Å². The number of hydrogen-bond donors (Lipinski definition) is 1. The van der Waals surface area contributed by atoms with Gasteiger partial charge in [-0.3, -0.25) is 9.69 Å². The van der Waals surface area contributed by atoms with Crippen molar-refractivity contribution in [3.63, 3.8) is 0 Å². The zero-order valence-electron chi connectivity index (χ0n) is 38.0. The third-order valence-corrected chi connectivity index (χ3v) is 11.2. The average molecular weight is 960 g/mol. The first-order valence-corrected chi connectivity index (χ1v) is 21.8. The second kappa shape index (κ2) is 22.8. The van der Waals surface area contributed by atoms with Crippen LogP contribution in [0.3, 0.4) is 0 Å². The first kappa shape index (κ1) is 51.4. The number of nitrogens with zero attached hydrogens (tertiary/aromatic N) is 8. The van der Waals surface area contributed by atoms with Gasteiger partial charge in [-0.05, 0) is 150 Å². The molecule has 1 aliphatic rings. The molecule has 3 heterocycles. The molecule has 0 radical (unpaired) electrons. The van der Waals surface area contributed by atoms with Crippen LogP contribution in [0.4, 0.5) is 51.7 Å². The van der Waals surface area contributed by atoms with Crippen LogP contribution < -0.4 is 15.1 Å². The second-order valence-corrected chi connectivity index (χ2v) is 16.9. The van der Waals surface area contributed by atoms with Crippen LogP contribution in [0.15, 0.2) is 99.4 Å². The van der Waals surface area contributed by atoms with E-state index in [1.807, 2.05) is 0 Å². The molecule has 7 rings (SSSR count). The van der Waals surface area contributed by atoms with Crippen molar-refractivity contribution in [3.05, 3.63) is 166 Å². The summed E-state index contributed by atoms with van der Waals surface area (Å²) in [5.74, 6) is -1.04. The number of halogens is 4. The van der Waals surface area contributed by atoms with Gasteiger partial charge in [0.05, 0.1) is 42.5 Å². The highest BCUT2D eigenvalue weighted by Crippen LogP contribution is 2.40. The molecule has 68 heavy (non-hydrogen) atoms. The zero-order valence-corrected chi connectivity index (χ0v) is 39.6. The maximum atomic E-state index is 15.1. The largest absolute Gasteiger partial charge is 0.449 e. The smallest absolute Gasteiger partial charge is 0.259 e. The molecular formula is C50H45F4N9O3S2. The molecule has 0 spiro atoms. The Kier molecular flexibility index (Phi) is 17.2. The fraction of sp³-hybridized carbons (Fsp3) is 0.280. The normalized spacial score (nSPS) is 12.7. The number of carbonyl (C=O) groups excluding carboxylic acids is 1. The van der Waals surface area contributed by atoms with Crippen LogP contribution in [0, 0.1) is 61.6 Å². The summed E-state index contributed by atoms with van der Waals surface area (Å²) < 4.78 is 67.7. The molecule has 0 saturated carbocycles. The van der Waals surface area contributed by atoms with Crippen molar-refractivity contribution >= 4 is 74.7 Å². The lowest BCUT2D eigenvalue weighted by Crippen LogP contribution is -2.44. The number of nitriles is 1. The summed E-state index contributed by atoms with van der Waals surface area (Å²) in [4.78, 5) is 34.0. The predicted octanol–water partition coefficient (Wildman–Crippen LogP) is 13.0. The third kappa shape index (κ3) is 12.3. The Morgan fingerprint density at radius 1 is 0.824 bits per heavy atom. The van der Waals surface area contributed by atoms with Crippen molar-refractivity contribution in [2.75, 3.05) is 15.1 Å². The molecule has 6 aromatic rings. The number of aromatic nitrogens is 2. The van der Waals surface area contributed by atoms with E-state index in [4.69, 9.17) is 39.5 Å². The standard InChI is InChI=1S/C25H22F2N4O2S.C16H18FN3O.C9H5FN2S/c1-15-19(28-4)10-11-20(22(15)27)30-23(32)25(2,3)31(24(30)34)17-9-8-16(18(26)14-17)6-5-7-21-29-12-13-33-21;1-16(2,11-18)20-13-7-6-12(14(17)10-13)4-3-5-15-19-8-9-21-15;1-6-7(11-2)3-4-8(9(6)10)12-5-13/h8-14H,5-7H2,1-3H3;6-10,20H,3-5H2,1-2H3;3-4H,1H3. The number of carbonyl (C=O) groups is 1. The lowest BCUT2D eigenvalue weighted by atomic mass is 10.0. The van der Waals surface area contributed by atoms with Crippen LogP contribution in [0.1, 0.15) is 74.6 Å². The van der Waals surface area contributed by atoms with Gasteiger partial charge in [-0.2, -0.15) is 10.3 Å². The maximum absolute atomic E-state index is 15.1. The minimum Gasteiger partial charge on any atom is -0.449 e. The van der Waals surface area contributed by atoms with Gasteiger partial charge < -0.3 is 19.1 Å². The van der Waals surface area contributed by atoms with E-state index in [9.17, 15) is 18.0 Å². The molecule has 1 saturated heterocycles. The van der Waals surface area contributed by atoms with Crippen LogP contribution in [-0.2, 0) is 30.5 Å². The number of isothiocyanates is 1. The van der Waals surface area contributed by atoms with E-state index in [0.717, 1.165) is 11.3 Å². The van der Waals surface area contributed by atoms with E-state index in [2.05, 4.69) is 53.4 Å². The maximum Gasteiger partial charge on any atom is 0.259 e. The minimum absolute atomic E-state index is 0.0286. The molecule has 0 unspecified atom stereocenters. The fourth-order valence-electron chi connectivity index (χ4n) is 7.02. The van der Waals surface area contributed by atoms with Crippen LogP contribution >= 0.6 is 24.4 Å². The first-order chi connectivity index (χ1) is 32.4. The lowest BCUT2D eigenvalue weighted by Gasteiger charge is -2.29. The summed E-state index contributed by atoms with van der Waals surface area (Å²) >= 11 is 9.93. The van der Waals surface area contributed by atoms with Gasteiger partial charge in [0.2, 0.25) is 0 Å². The Bertz CT molecular complexity index is 2970. The van der Waals surface area contributed by atoms with E-state index < -0.39 is 34.4 Å². The number of anilines is 3. The molecule has 1 fully saturated rings. The van der Waals surface area contributed by atoms with Crippen molar-refractivity contribution in [2.45, 2.75) is 91.1 Å². The number of rotatable bonds is 13. The van der Waals surface area contributed by atoms with E-state index in [1.165, 1.54) is 67.7 Å². The molecule has 348 valence electrons. The average Bonchev–Trinajstić information content (AvgIpc) is 4.07. The van der Waals surface area contributed by atoms with Crippen LogP contribution in [0.25, 0.3) is 9.69 Å². The number of thiocarbonyl (C=S) groups is 2. The molecular weight excluding hydrogens is 915 g/mol. The number of nitrogens with one attached hydrogen (secondary N) is 1. The quantitative estimate of drug-likeness (QED) is 0.0516. The summed E-state index contributed by atoms with van der Waals surface area (Å²) in [7, 11) is 0. The van der Waals surface area contributed by atoms with E-state index >= 15 is 4.39 Å². The lowest BCUT2D eigenvalue weighted by molar-refractivity contribution is -0.120. The summed E-state index contributed by atoms with van der Waals surface area (Å²) in [6.07, 6.45) is 10.0. The summed E-state index contributed by atoms with van der Waals surface area (Å²) in [6.45, 7) is 23.7. The molecule has 1 amide bonds. The topological polar surface area (TPSA) is 133 Å². The highest BCUT2D eigenvalue weighted by Gasteiger charge is 2.51. The molecule has 18 heteroatoms. The van der Waals surface area contributed by atoms with E-state index in [-0.39, 0.29) is 33.6 Å². The molecule has 1 N–H and O–H groups in total. The first-order valence-electron chi connectivity index (χ1n) is 21.0. The van der Waals surface area contributed by atoms with Crippen molar-refractivity contribution in [1.29, 1.82) is 5.26 Å². The Hall–Kier alpha value is -7.55. The fourth-order valence-corrected chi connectivity index (χ4v) is 7.63. The number of amides is 1. The molecule has 0 bridgehead atoms. The van der Waals surface area contributed by atoms with E-state index in [0.29, 0.717) is 77.6 Å². The summed E-state index contributed by atoms with van der Waals surface area (Å²) in [5, 5.41) is 14.1. The summed E-state index contributed by atoms with van der Waals surface area (Å²) in [5.41, 5.74) is 1.27. The van der Waals surface area contributed by atoms with Gasteiger partial charge >= 0.3 is 0 Å². The minimum atomic E-state index is -1.17. The molecule has 2 aromatic heterocycles. The Balaban J connectivity index is 0.000000215. The van der Waals surface area contributed by atoms with Crippen molar-refractivity contribution < 1.29 is 31.2 Å². The van der Waals surface area contributed by atoms with Gasteiger partial charge in [-0.25, -0.2) is 37.2 Å². The number of benzene rings is 4. The monoisotopic (exact) mass is 959 g/mol. The number of aliphatic imine (C=N–C) groups is 1. The molecule has 1 aliphatic heterocycles. The van der Waals surface area contributed by atoms with Crippen molar-refractivity contribution in [2.24, 2.45) is 4.99 Å². The Morgan fingerprint density at radius 2 is 1.37 bits per heavy atom. The zero-order chi connectivity index (χ0) is 49.8. The van der Waals surface area contributed by atoms with Gasteiger partial charge in [-0.15, -0.1) is 0 Å². The van der Waals surface area contributed by atoms with Gasteiger partial charge in [0.1, 0.15) is 52.6 Å². The van der Waals surface area contributed by atoms with Gasteiger partial charge in [0.25, 0.3) is 5.91 Å². The Morgan fingerprint density at radius 3 is 1.87 bits per heavy atom. The van der Waals surface area contributed by atoms with Crippen LogP contribution in [0.5, 0.6) is 0 Å². The SMILES string of the molecule is CC(C)(C#N)Nc1ccc(CCCc2ncco2)c(F)c1.[C-]#[N+]c1ccc(N2C(=O)C(C)(C)N(c3ccc(CCCc4ncco4)c(F)c3)C2=S)c(F)c1C.[C-]#[N+]c1ccc(N=C=S)c(F)c1C. The van der Waals surface area contributed by atoms with Crippen LogP contribution in [0.2, 0.25) is 0 Å². The second-order valence-electron chi connectivity index (χ2n) is 16.3. The number of hydrogen-bond acceptors (Lipinski definition) is 10. The highest BCUT2D eigenvalue weighted by molar-refractivity contribution is 7.81. The molecule has 4 aromatic carbocycles. The van der Waals surface area contributed by atoms with Gasteiger partial charge in [-0.1, -0.05) is 24.3 Å². The molecule has 0 atom stereocenters. The summed E-state index contributed by atoms with van der Waals surface area (Å²) in [6, 6.07) is 17.6. The number of oxazole rings is 2. The predicted molar refractivity (Wildman–Crippen MR) is 259 cm³/mol. The van der Waals surface area contributed by atoms with Gasteiger partial charge in [0, 0.05) is 24.2 Å². The van der Waals surface area contributed by atoms with E-state index in [1.54, 1.807) is 64.4 Å². The van der Waals surface area contributed by atoms with Crippen molar-refractivity contribution in [1.82, 2.24) is 9.97 Å². The third-order valence-electron chi connectivity index (χ3n) is 10.7. The highest BCUT2D eigenvalue weighted by atomic mass is 32.1. The van der Waals surface area contributed by atoms with Crippen LogP contribution in [-0.4, -0.2) is 37.2 Å². The molecule has 0 aliphatic carbocycles. The molecule has 12 nitrogen and oxygen atoms in total. The Labute approximate surface area is 402 Å². The number of aryl methyl sites for hydroxylation is 4.